The van der Waals surface area contributed by atoms with Gasteiger partial charge in [-0.15, -0.1) is 0 Å². The van der Waals surface area contributed by atoms with Gasteiger partial charge in [0.05, 0.1) is 7.11 Å². The smallest absolute Gasteiger partial charge is 0.119 e. The summed E-state index contributed by atoms with van der Waals surface area (Å²) < 4.78 is 27.0. The van der Waals surface area contributed by atoms with Crippen LogP contribution in [0.15, 0.2) is 42.5 Å². The number of hydrogen-bond donors (Lipinski definition) is 0. The van der Waals surface area contributed by atoms with Gasteiger partial charge in [-0.1, -0.05) is 39.0 Å². The van der Waals surface area contributed by atoms with E-state index in [9.17, 15) is 0 Å². The van der Waals surface area contributed by atoms with E-state index in [1.165, 1.54) is 16.7 Å². The fourth-order valence-electron chi connectivity index (χ4n) is 7.72. The molecule has 2 aromatic rings. The number of methoxy groups -OCH3 is 1. The van der Waals surface area contributed by atoms with Crippen molar-refractivity contribution in [1.29, 1.82) is 0 Å². The van der Waals surface area contributed by atoms with Gasteiger partial charge in [-0.25, -0.2) is 4.39 Å². The van der Waals surface area contributed by atoms with Gasteiger partial charge in [0.1, 0.15) is 24.3 Å². The number of ether oxygens (including phenoxy) is 2. The zero-order valence-electron chi connectivity index (χ0n) is 21.9. The third-order valence-electron chi connectivity index (χ3n) is 9.70. The summed E-state index contributed by atoms with van der Waals surface area (Å²) in [7, 11) is 1.74. The number of alkyl halides is 1. The normalized spacial score (nSPS) is 31.5. The van der Waals surface area contributed by atoms with E-state index in [0.29, 0.717) is 30.3 Å². The largest absolute Gasteiger partial charge is 0.497 e. The lowest BCUT2D eigenvalue weighted by molar-refractivity contribution is 0.00138. The average Bonchev–Trinajstić information content (AvgIpc) is 3.20. The molecule has 6 atom stereocenters. The van der Waals surface area contributed by atoms with Crippen LogP contribution in [0.2, 0.25) is 0 Å². The van der Waals surface area contributed by atoms with Crippen LogP contribution in [0.4, 0.5) is 4.39 Å². The minimum Gasteiger partial charge on any atom is -0.497 e. The van der Waals surface area contributed by atoms with Gasteiger partial charge in [0, 0.05) is 12.0 Å². The molecule has 0 heterocycles. The molecule has 0 unspecified atom stereocenters. The highest BCUT2D eigenvalue weighted by Crippen LogP contribution is 2.65. The predicted molar refractivity (Wildman–Crippen MR) is 140 cm³/mol. The number of rotatable bonds is 8. The molecule has 0 aromatic heterocycles. The first-order valence-electron chi connectivity index (χ1n) is 13.7. The molecule has 0 amide bonds. The fourth-order valence-corrected chi connectivity index (χ4v) is 7.72. The Morgan fingerprint density at radius 2 is 1.74 bits per heavy atom. The Kier molecular flexibility index (Phi) is 7.12. The molecule has 190 valence electrons. The second-order valence-electron chi connectivity index (χ2n) is 11.2. The molecule has 0 radical (unpaired) electrons. The summed E-state index contributed by atoms with van der Waals surface area (Å²) in [6, 6.07) is 15.4. The first kappa shape index (κ1) is 24.6. The van der Waals surface area contributed by atoms with Gasteiger partial charge in [-0.3, -0.25) is 0 Å². The molecular weight excluding hydrogens is 437 g/mol. The Bertz CT molecular complexity index is 1000. The molecule has 2 aromatic carbocycles. The van der Waals surface area contributed by atoms with Gasteiger partial charge in [0.2, 0.25) is 0 Å². The van der Waals surface area contributed by atoms with Gasteiger partial charge in [-0.2, -0.15) is 0 Å². The number of hydrogen-bond acceptors (Lipinski definition) is 3. The van der Waals surface area contributed by atoms with E-state index in [0.717, 1.165) is 63.2 Å². The number of benzene rings is 2. The lowest BCUT2D eigenvalue weighted by Gasteiger charge is -2.53. The van der Waals surface area contributed by atoms with Crippen molar-refractivity contribution in [2.75, 3.05) is 33.4 Å². The quantitative estimate of drug-likeness (QED) is 0.407. The molecule has 3 aliphatic rings. The van der Waals surface area contributed by atoms with E-state index < -0.39 is 6.17 Å². The lowest BCUT2D eigenvalue weighted by Crippen LogP contribution is -2.46. The van der Waals surface area contributed by atoms with Gasteiger partial charge in [0.25, 0.3) is 0 Å². The van der Waals surface area contributed by atoms with Crippen molar-refractivity contribution in [3.05, 3.63) is 59.2 Å². The van der Waals surface area contributed by atoms with E-state index in [2.05, 4.69) is 68.1 Å². The first-order valence-corrected chi connectivity index (χ1v) is 13.7. The topological polar surface area (TPSA) is 21.7 Å². The average molecular weight is 480 g/mol. The summed E-state index contributed by atoms with van der Waals surface area (Å²) in [6.45, 7) is 10.4. The molecule has 2 fully saturated rings. The maximum Gasteiger partial charge on any atom is 0.119 e. The molecular formula is C31H42FNO2. The zero-order chi connectivity index (χ0) is 24.6. The monoisotopic (exact) mass is 479 g/mol. The van der Waals surface area contributed by atoms with Crippen LogP contribution in [0.5, 0.6) is 11.5 Å². The summed E-state index contributed by atoms with van der Waals surface area (Å²) in [5.41, 5.74) is 4.01. The number of likely N-dealkylation sites (N-methyl/N-ethyl adjacent to an activating group) is 1. The molecule has 35 heavy (non-hydrogen) atoms. The summed E-state index contributed by atoms with van der Waals surface area (Å²) in [5, 5.41) is 0. The van der Waals surface area contributed by atoms with Crippen molar-refractivity contribution >= 4 is 0 Å². The van der Waals surface area contributed by atoms with Gasteiger partial charge in [0.15, 0.2) is 0 Å². The maximum atomic E-state index is 15.4. The lowest BCUT2D eigenvalue weighted by atomic mass is 9.51. The van der Waals surface area contributed by atoms with Gasteiger partial charge >= 0.3 is 0 Å². The van der Waals surface area contributed by atoms with Crippen LogP contribution in [0.25, 0.3) is 0 Å². The molecule has 4 heteroatoms. The Labute approximate surface area is 211 Å². The maximum absolute atomic E-state index is 15.4. The predicted octanol–water partition coefficient (Wildman–Crippen LogP) is 7.00. The van der Waals surface area contributed by atoms with E-state index in [4.69, 9.17) is 9.47 Å². The van der Waals surface area contributed by atoms with Crippen LogP contribution in [0, 0.1) is 17.3 Å². The van der Waals surface area contributed by atoms with Crippen molar-refractivity contribution in [1.82, 2.24) is 4.90 Å². The van der Waals surface area contributed by atoms with E-state index in [-0.39, 0.29) is 5.41 Å². The Hall–Kier alpha value is -2.07. The van der Waals surface area contributed by atoms with E-state index in [1.54, 1.807) is 7.11 Å². The molecule has 2 saturated carbocycles. The Morgan fingerprint density at radius 3 is 2.46 bits per heavy atom. The van der Waals surface area contributed by atoms with Crippen LogP contribution in [-0.4, -0.2) is 44.4 Å². The summed E-state index contributed by atoms with van der Waals surface area (Å²) in [4.78, 5) is 2.37. The number of nitrogens with zero attached hydrogens (tertiary/aromatic N) is 1. The molecule has 0 saturated heterocycles. The van der Waals surface area contributed by atoms with Crippen molar-refractivity contribution in [3.63, 3.8) is 0 Å². The highest BCUT2D eigenvalue weighted by atomic mass is 19.1. The van der Waals surface area contributed by atoms with Crippen molar-refractivity contribution < 1.29 is 13.9 Å². The Morgan fingerprint density at radius 1 is 1.00 bits per heavy atom. The third kappa shape index (κ3) is 4.48. The molecule has 3 nitrogen and oxygen atoms in total. The van der Waals surface area contributed by atoms with Crippen LogP contribution < -0.4 is 9.47 Å². The van der Waals surface area contributed by atoms with Crippen LogP contribution in [0.1, 0.15) is 75.0 Å². The molecule has 0 N–H and O–H groups in total. The number of halogens is 1. The molecule has 0 bridgehead atoms. The SMILES string of the molecule is CCN(CC)CCOc1ccc([C@H]2C[C@]3(C)[C@H](F)CC[C@H]3[C@@H]3CCc4cc(OC)ccc4[C@H]32)cc1. The fraction of sp³-hybridized carbons (Fsp3) is 0.613. The van der Waals surface area contributed by atoms with Crippen molar-refractivity contribution in [2.45, 2.75) is 70.9 Å². The summed E-state index contributed by atoms with van der Waals surface area (Å²) >= 11 is 0. The number of aryl methyl sites for hydroxylation is 1. The minimum atomic E-state index is -0.684. The standard InChI is InChI=1S/C31H42FNO2/c1-5-33(6-2)17-18-35-23-10-7-21(8-11-23)27-20-31(3)28(15-16-29(31)32)26-13-9-22-19-24(34-4)12-14-25(22)30(26)27/h7-8,10-12,14,19,26-30H,5-6,9,13,15-18,20H2,1-4H3/t26-,27+,28-,29+,30+,31-/m0/s1. The van der Waals surface area contributed by atoms with Crippen molar-refractivity contribution in [3.8, 4) is 11.5 Å². The molecule has 0 aliphatic heterocycles. The highest BCUT2D eigenvalue weighted by molar-refractivity contribution is 5.44. The summed E-state index contributed by atoms with van der Waals surface area (Å²) in [5.74, 6) is 3.67. The Balaban J connectivity index is 1.43. The van der Waals surface area contributed by atoms with E-state index in [1.807, 2.05) is 0 Å². The van der Waals surface area contributed by atoms with Gasteiger partial charge in [-0.05, 0) is 110 Å². The van der Waals surface area contributed by atoms with Crippen LogP contribution >= 0.6 is 0 Å². The second kappa shape index (κ2) is 10.1. The first-order chi connectivity index (χ1) is 17.0. The highest BCUT2D eigenvalue weighted by Gasteiger charge is 2.58. The second-order valence-corrected chi connectivity index (χ2v) is 11.2. The van der Waals surface area contributed by atoms with Gasteiger partial charge < -0.3 is 14.4 Å². The van der Waals surface area contributed by atoms with E-state index >= 15 is 4.39 Å². The minimum absolute atomic E-state index is 0.214. The molecule has 5 rings (SSSR count). The molecule has 0 spiro atoms. The zero-order valence-corrected chi connectivity index (χ0v) is 21.9. The third-order valence-corrected chi connectivity index (χ3v) is 9.70. The molecule has 3 aliphatic carbocycles. The summed E-state index contributed by atoms with van der Waals surface area (Å²) in [6.07, 6.45) is 4.23. The van der Waals surface area contributed by atoms with Crippen LogP contribution in [0.3, 0.4) is 0 Å². The van der Waals surface area contributed by atoms with Crippen molar-refractivity contribution in [2.24, 2.45) is 17.3 Å². The number of fused-ring (bicyclic) bond motifs is 5. The van der Waals surface area contributed by atoms with Crippen LogP contribution in [-0.2, 0) is 6.42 Å².